The Hall–Kier alpha value is -3.41. The number of fused-ring (bicyclic) bond motifs is 1. The van der Waals surface area contributed by atoms with Crippen LogP contribution < -0.4 is 0 Å². The lowest BCUT2D eigenvalue weighted by Crippen LogP contribution is -2.27. The number of carbonyl (C=O) groups is 1. The molecule has 6 heteroatoms. The molecule has 0 fully saturated rings. The number of aryl methyl sites for hydroxylation is 2. The van der Waals surface area contributed by atoms with Crippen molar-refractivity contribution in [3.63, 3.8) is 0 Å². The number of hydrogen-bond donors (Lipinski definition) is 0. The van der Waals surface area contributed by atoms with Crippen LogP contribution in [0, 0.1) is 6.92 Å². The van der Waals surface area contributed by atoms with Crippen LogP contribution in [0.1, 0.15) is 21.8 Å². The van der Waals surface area contributed by atoms with Crippen molar-refractivity contribution in [1.82, 2.24) is 19.6 Å². The van der Waals surface area contributed by atoms with E-state index in [1.165, 1.54) is 0 Å². The lowest BCUT2D eigenvalue weighted by Gasteiger charge is -2.16. The summed E-state index contributed by atoms with van der Waals surface area (Å²) in [7, 11) is 3.69. The van der Waals surface area contributed by atoms with Gasteiger partial charge in [0, 0.05) is 43.5 Å². The van der Waals surface area contributed by atoms with Crippen LogP contribution in [0.5, 0.6) is 0 Å². The van der Waals surface area contributed by atoms with E-state index in [0.29, 0.717) is 18.0 Å². The predicted molar refractivity (Wildman–Crippen MR) is 103 cm³/mol. The molecule has 0 bridgehead atoms. The number of carbonyl (C=O) groups excluding carboxylic acids is 1. The quantitative estimate of drug-likeness (QED) is 0.555. The fourth-order valence-corrected chi connectivity index (χ4v) is 3.37. The smallest absolute Gasteiger partial charge is 0.270 e. The van der Waals surface area contributed by atoms with E-state index < -0.39 is 0 Å². The molecular weight excluding hydrogens is 340 g/mol. The van der Waals surface area contributed by atoms with Gasteiger partial charge in [0.15, 0.2) is 5.76 Å². The van der Waals surface area contributed by atoms with Crippen molar-refractivity contribution in [3.8, 4) is 11.3 Å². The van der Waals surface area contributed by atoms with Gasteiger partial charge < -0.3 is 14.0 Å². The maximum Gasteiger partial charge on any atom is 0.270 e. The van der Waals surface area contributed by atoms with Crippen LogP contribution in [-0.4, -0.2) is 32.6 Å². The van der Waals surface area contributed by atoms with Crippen LogP contribution in [0.4, 0.5) is 0 Å². The Bertz CT molecular complexity index is 1110. The van der Waals surface area contributed by atoms with Crippen LogP contribution in [-0.2, 0) is 13.6 Å². The summed E-state index contributed by atoms with van der Waals surface area (Å²) in [6.07, 6.45) is 3.42. The summed E-state index contributed by atoms with van der Waals surface area (Å²) >= 11 is 0. The molecule has 0 atom stereocenters. The molecule has 136 valence electrons. The lowest BCUT2D eigenvalue weighted by molar-refractivity contribution is 0.0763. The third-order valence-electron chi connectivity index (χ3n) is 4.75. The summed E-state index contributed by atoms with van der Waals surface area (Å²) in [4.78, 5) is 18.6. The molecule has 0 N–H and O–H groups in total. The highest BCUT2D eigenvalue weighted by Gasteiger charge is 2.19. The third-order valence-corrected chi connectivity index (χ3v) is 4.75. The number of nitrogens with zero attached hydrogens (tertiary/aromatic N) is 4. The van der Waals surface area contributed by atoms with E-state index in [0.717, 1.165) is 27.7 Å². The van der Waals surface area contributed by atoms with Gasteiger partial charge in [0.1, 0.15) is 11.4 Å². The molecule has 6 nitrogen and oxygen atoms in total. The number of hydrogen-bond acceptors (Lipinski definition) is 4. The monoisotopic (exact) mass is 360 g/mol. The summed E-state index contributed by atoms with van der Waals surface area (Å²) in [6, 6.07) is 13.6. The highest BCUT2D eigenvalue weighted by molar-refractivity contribution is 5.99. The molecule has 27 heavy (non-hydrogen) atoms. The van der Waals surface area contributed by atoms with Crippen molar-refractivity contribution >= 4 is 16.8 Å². The SMILES string of the molecule is Cc1cccc2cc(C(=O)N(C)Cc3cc(-c4ccncc4)no3)n(C)c12. The zero-order valence-electron chi connectivity index (χ0n) is 15.5. The second-order valence-corrected chi connectivity index (χ2v) is 6.68. The van der Waals surface area contributed by atoms with Crippen LogP contribution in [0.3, 0.4) is 0 Å². The number of para-hydroxylation sites is 1. The topological polar surface area (TPSA) is 64.2 Å². The predicted octanol–water partition coefficient (Wildman–Crippen LogP) is 3.81. The van der Waals surface area contributed by atoms with E-state index in [4.69, 9.17) is 4.52 Å². The van der Waals surface area contributed by atoms with Crippen molar-refractivity contribution in [2.24, 2.45) is 7.05 Å². The van der Waals surface area contributed by atoms with Crippen molar-refractivity contribution < 1.29 is 9.32 Å². The Morgan fingerprint density at radius 1 is 1.19 bits per heavy atom. The average Bonchev–Trinajstić information content (AvgIpc) is 3.27. The molecular formula is C21H20N4O2. The van der Waals surface area contributed by atoms with Crippen molar-refractivity contribution in [3.05, 3.63) is 71.9 Å². The average molecular weight is 360 g/mol. The van der Waals surface area contributed by atoms with Gasteiger partial charge in [-0.3, -0.25) is 9.78 Å². The molecule has 4 rings (SSSR count). The van der Waals surface area contributed by atoms with Crippen LogP contribution in [0.15, 0.2) is 59.4 Å². The summed E-state index contributed by atoms with van der Waals surface area (Å²) in [6.45, 7) is 2.40. The summed E-state index contributed by atoms with van der Waals surface area (Å²) in [5.74, 6) is 0.572. The largest absolute Gasteiger partial charge is 0.359 e. The molecule has 0 saturated carbocycles. The number of amides is 1. The number of aromatic nitrogens is 3. The Morgan fingerprint density at radius 3 is 2.70 bits per heavy atom. The molecule has 0 aliphatic rings. The van der Waals surface area contributed by atoms with Gasteiger partial charge in [-0.1, -0.05) is 23.4 Å². The van der Waals surface area contributed by atoms with Crippen LogP contribution in [0.25, 0.3) is 22.2 Å². The normalized spacial score (nSPS) is 11.1. The minimum Gasteiger partial charge on any atom is -0.359 e. The van der Waals surface area contributed by atoms with Crippen molar-refractivity contribution in [2.45, 2.75) is 13.5 Å². The molecule has 3 aromatic heterocycles. The zero-order chi connectivity index (χ0) is 19.0. The summed E-state index contributed by atoms with van der Waals surface area (Å²) in [5.41, 5.74) is 4.53. The fourth-order valence-electron chi connectivity index (χ4n) is 3.37. The molecule has 1 aromatic carbocycles. The maximum atomic E-state index is 13.0. The third kappa shape index (κ3) is 3.10. The molecule has 0 spiro atoms. The van der Waals surface area contributed by atoms with E-state index in [1.807, 2.05) is 48.0 Å². The molecule has 0 radical (unpaired) electrons. The first-order valence-corrected chi connectivity index (χ1v) is 8.71. The van der Waals surface area contributed by atoms with E-state index >= 15 is 0 Å². The number of rotatable bonds is 4. The van der Waals surface area contributed by atoms with E-state index in [-0.39, 0.29) is 5.91 Å². The van der Waals surface area contributed by atoms with Crippen molar-refractivity contribution in [2.75, 3.05) is 7.05 Å². The molecule has 0 unspecified atom stereocenters. The van der Waals surface area contributed by atoms with Gasteiger partial charge in [-0.2, -0.15) is 0 Å². The fraction of sp³-hybridized carbons (Fsp3) is 0.190. The second-order valence-electron chi connectivity index (χ2n) is 6.68. The Morgan fingerprint density at radius 2 is 1.96 bits per heavy atom. The zero-order valence-corrected chi connectivity index (χ0v) is 15.5. The Labute approximate surface area is 157 Å². The number of benzene rings is 1. The molecule has 0 aliphatic heterocycles. The summed E-state index contributed by atoms with van der Waals surface area (Å²) in [5, 5.41) is 5.15. The molecule has 4 aromatic rings. The maximum absolute atomic E-state index is 13.0. The summed E-state index contributed by atoms with van der Waals surface area (Å²) < 4.78 is 7.36. The van der Waals surface area contributed by atoms with Gasteiger partial charge in [-0.15, -0.1) is 0 Å². The highest BCUT2D eigenvalue weighted by Crippen LogP contribution is 2.24. The van der Waals surface area contributed by atoms with Gasteiger partial charge in [0.25, 0.3) is 5.91 Å². The molecule has 3 heterocycles. The number of pyridine rings is 1. The van der Waals surface area contributed by atoms with Gasteiger partial charge in [0.05, 0.1) is 12.1 Å². The minimum absolute atomic E-state index is 0.0602. The van der Waals surface area contributed by atoms with Gasteiger partial charge >= 0.3 is 0 Å². The van der Waals surface area contributed by atoms with E-state index in [2.05, 4.69) is 23.1 Å². The van der Waals surface area contributed by atoms with Gasteiger partial charge in [-0.05, 0) is 30.7 Å². The highest BCUT2D eigenvalue weighted by atomic mass is 16.5. The van der Waals surface area contributed by atoms with Gasteiger partial charge in [0.2, 0.25) is 0 Å². The Kier molecular flexibility index (Phi) is 4.24. The first kappa shape index (κ1) is 17.0. The van der Waals surface area contributed by atoms with Gasteiger partial charge in [-0.25, -0.2) is 0 Å². The molecule has 1 amide bonds. The minimum atomic E-state index is -0.0602. The standard InChI is InChI=1S/C21H20N4O2/c1-14-5-4-6-16-11-19(25(3)20(14)16)21(26)24(2)13-17-12-18(23-27-17)15-7-9-22-10-8-15/h4-12H,13H2,1-3H3. The second kappa shape index (κ2) is 6.72. The Balaban J connectivity index is 1.56. The molecule has 0 saturated heterocycles. The first-order chi connectivity index (χ1) is 13.0. The van der Waals surface area contributed by atoms with Crippen LogP contribution >= 0.6 is 0 Å². The van der Waals surface area contributed by atoms with Crippen LogP contribution in [0.2, 0.25) is 0 Å². The first-order valence-electron chi connectivity index (χ1n) is 8.71. The van der Waals surface area contributed by atoms with E-state index in [9.17, 15) is 4.79 Å². The molecule has 0 aliphatic carbocycles. The van der Waals surface area contributed by atoms with E-state index in [1.54, 1.807) is 24.3 Å². The lowest BCUT2D eigenvalue weighted by atomic mass is 10.2. The van der Waals surface area contributed by atoms with Crippen molar-refractivity contribution in [1.29, 1.82) is 0 Å².